The summed E-state index contributed by atoms with van der Waals surface area (Å²) in [4.78, 5) is 13.5. The summed E-state index contributed by atoms with van der Waals surface area (Å²) >= 11 is 0. The lowest BCUT2D eigenvalue weighted by Crippen LogP contribution is -2.40. The Balaban J connectivity index is 2.12. The van der Waals surface area contributed by atoms with Crippen LogP contribution in [0.2, 0.25) is 0 Å². The molecule has 21 heavy (non-hydrogen) atoms. The molecule has 1 amide bonds. The van der Waals surface area contributed by atoms with Crippen LogP contribution in [0.25, 0.3) is 0 Å². The third-order valence-corrected chi connectivity index (χ3v) is 4.77. The van der Waals surface area contributed by atoms with Gasteiger partial charge in [-0.25, -0.2) is 12.7 Å². The van der Waals surface area contributed by atoms with Crippen molar-refractivity contribution in [3.05, 3.63) is 17.5 Å². The van der Waals surface area contributed by atoms with Crippen LogP contribution in [-0.2, 0) is 21.4 Å². The van der Waals surface area contributed by atoms with Gasteiger partial charge in [-0.05, 0) is 6.92 Å². The quantitative estimate of drug-likeness (QED) is 0.776. The van der Waals surface area contributed by atoms with Gasteiger partial charge in [0.05, 0.1) is 17.9 Å². The van der Waals surface area contributed by atoms with Crippen LogP contribution < -0.4 is 5.73 Å². The van der Waals surface area contributed by atoms with Crippen molar-refractivity contribution in [2.24, 2.45) is 11.7 Å². The monoisotopic (exact) mass is 316 g/mol. The summed E-state index contributed by atoms with van der Waals surface area (Å²) in [6.07, 6.45) is 1.14. The number of hydrogen-bond donors (Lipinski definition) is 1. The van der Waals surface area contributed by atoms with E-state index in [-0.39, 0.29) is 6.54 Å². The Morgan fingerprint density at radius 1 is 1.48 bits per heavy atom. The lowest BCUT2D eigenvalue weighted by atomic mass is 10.1. The number of sulfonamides is 1. The molecule has 2 heterocycles. The molecule has 1 aromatic heterocycles. The number of aryl methyl sites for hydroxylation is 1. The Bertz CT molecular complexity index is 613. The van der Waals surface area contributed by atoms with Crippen LogP contribution in [0.15, 0.2) is 10.6 Å². The number of nitrogens with two attached hydrogens (primary N) is 1. The van der Waals surface area contributed by atoms with Crippen LogP contribution in [0.4, 0.5) is 0 Å². The lowest BCUT2D eigenvalue weighted by Gasteiger charge is -2.20. The zero-order chi connectivity index (χ0) is 15.6. The van der Waals surface area contributed by atoms with Gasteiger partial charge >= 0.3 is 0 Å². The summed E-state index contributed by atoms with van der Waals surface area (Å²) < 4.78 is 29.7. The van der Waals surface area contributed by atoms with Crippen molar-refractivity contribution < 1.29 is 17.7 Å². The van der Waals surface area contributed by atoms with Crippen molar-refractivity contribution >= 4 is 15.9 Å². The van der Waals surface area contributed by atoms with Crippen LogP contribution in [0.5, 0.6) is 0 Å². The molecule has 2 N–H and O–H groups in total. The highest BCUT2D eigenvalue weighted by molar-refractivity contribution is 7.88. The molecule has 9 heteroatoms. The summed E-state index contributed by atoms with van der Waals surface area (Å²) in [6, 6.07) is 1.82. The Hall–Kier alpha value is -1.45. The van der Waals surface area contributed by atoms with Crippen molar-refractivity contribution in [1.29, 1.82) is 0 Å². The molecule has 0 unspecified atom stereocenters. The zero-order valence-corrected chi connectivity index (χ0v) is 13.0. The van der Waals surface area contributed by atoms with E-state index in [0.717, 1.165) is 11.9 Å². The number of carbonyl (C=O) groups is 1. The molecule has 8 nitrogen and oxygen atoms in total. The maximum Gasteiger partial charge on any atom is 0.223 e. The number of hydrogen-bond acceptors (Lipinski definition) is 6. The smallest absolute Gasteiger partial charge is 0.223 e. The highest BCUT2D eigenvalue weighted by atomic mass is 32.2. The van der Waals surface area contributed by atoms with Crippen LogP contribution in [0, 0.1) is 12.8 Å². The first kappa shape index (κ1) is 15.9. The standard InChI is InChI=1S/C12H20N4O4S/c1-9-5-11(14-20-9)8-15-3-4-16(21(2,18)19)7-10(6-15)12(13)17/h5,10H,3-4,6-8H2,1-2H3,(H2,13,17)/t10-/m0/s1. The van der Waals surface area contributed by atoms with Crippen LogP contribution in [0.3, 0.4) is 0 Å². The molecule has 0 aromatic carbocycles. The number of carbonyl (C=O) groups excluding carboxylic acids is 1. The molecule has 0 spiro atoms. The number of aromatic nitrogens is 1. The average molecular weight is 316 g/mol. The molecule has 2 rings (SSSR count). The zero-order valence-electron chi connectivity index (χ0n) is 12.2. The first-order chi connectivity index (χ1) is 9.75. The van der Waals surface area contributed by atoms with E-state index in [1.807, 2.05) is 11.0 Å². The second-order valence-electron chi connectivity index (χ2n) is 5.38. The molecule has 1 atom stereocenters. The van der Waals surface area contributed by atoms with Gasteiger partial charge in [-0.1, -0.05) is 5.16 Å². The number of nitrogens with zero attached hydrogens (tertiary/aromatic N) is 3. The summed E-state index contributed by atoms with van der Waals surface area (Å²) in [5.41, 5.74) is 6.13. The van der Waals surface area contributed by atoms with E-state index in [0.29, 0.717) is 31.9 Å². The van der Waals surface area contributed by atoms with E-state index in [2.05, 4.69) is 5.16 Å². The first-order valence-electron chi connectivity index (χ1n) is 6.64. The number of amides is 1. The Kier molecular flexibility index (Phi) is 4.64. The van der Waals surface area contributed by atoms with Crippen LogP contribution in [0.1, 0.15) is 11.5 Å². The van der Waals surface area contributed by atoms with Crippen molar-refractivity contribution in [3.8, 4) is 0 Å². The molecule has 0 radical (unpaired) electrons. The normalized spacial score (nSPS) is 22.1. The molecule has 1 aliphatic heterocycles. The molecule has 1 fully saturated rings. The van der Waals surface area contributed by atoms with Crippen molar-refractivity contribution in [3.63, 3.8) is 0 Å². The van der Waals surface area contributed by atoms with Gasteiger partial charge in [0.2, 0.25) is 15.9 Å². The molecule has 1 aromatic rings. The van der Waals surface area contributed by atoms with E-state index >= 15 is 0 Å². The fourth-order valence-corrected chi connectivity index (χ4v) is 3.26. The maximum absolute atomic E-state index is 11.7. The molecule has 1 saturated heterocycles. The highest BCUT2D eigenvalue weighted by Gasteiger charge is 2.30. The van der Waals surface area contributed by atoms with Gasteiger partial charge in [-0.2, -0.15) is 0 Å². The average Bonchev–Trinajstić information content (AvgIpc) is 2.63. The molecule has 118 valence electrons. The van der Waals surface area contributed by atoms with Gasteiger partial charge in [-0.3, -0.25) is 9.69 Å². The van der Waals surface area contributed by atoms with Gasteiger partial charge < -0.3 is 10.3 Å². The molecule has 1 aliphatic rings. The van der Waals surface area contributed by atoms with Gasteiger partial charge in [0.25, 0.3) is 0 Å². The maximum atomic E-state index is 11.7. The second kappa shape index (κ2) is 6.12. The summed E-state index contributed by atoms with van der Waals surface area (Å²) in [5, 5.41) is 3.91. The minimum Gasteiger partial charge on any atom is -0.369 e. The number of primary amides is 1. The van der Waals surface area contributed by atoms with Crippen LogP contribution >= 0.6 is 0 Å². The van der Waals surface area contributed by atoms with Gasteiger partial charge in [-0.15, -0.1) is 0 Å². The third-order valence-electron chi connectivity index (χ3n) is 3.50. The van der Waals surface area contributed by atoms with E-state index in [1.165, 1.54) is 4.31 Å². The Labute approximate surface area is 123 Å². The summed E-state index contributed by atoms with van der Waals surface area (Å²) in [6.45, 7) is 3.69. The van der Waals surface area contributed by atoms with Crippen molar-refractivity contribution in [1.82, 2.24) is 14.4 Å². The van der Waals surface area contributed by atoms with E-state index < -0.39 is 21.8 Å². The minimum absolute atomic E-state index is 0.127. The summed E-state index contributed by atoms with van der Waals surface area (Å²) in [7, 11) is -3.34. The predicted octanol–water partition coefficient (Wildman–Crippen LogP) is -0.838. The van der Waals surface area contributed by atoms with Crippen molar-refractivity contribution in [2.75, 3.05) is 32.4 Å². The topological polar surface area (TPSA) is 110 Å². The van der Waals surface area contributed by atoms with Gasteiger partial charge in [0.15, 0.2) is 0 Å². The molecular formula is C12H20N4O4S. The molecular weight excluding hydrogens is 296 g/mol. The lowest BCUT2D eigenvalue weighted by molar-refractivity contribution is -0.122. The molecule has 0 bridgehead atoms. The van der Waals surface area contributed by atoms with E-state index in [4.69, 9.17) is 10.3 Å². The van der Waals surface area contributed by atoms with Gasteiger partial charge in [0.1, 0.15) is 5.76 Å². The second-order valence-corrected chi connectivity index (χ2v) is 7.37. The first-order valence-corrected chi connectivity index (χ1v) is 8.49. The fourth-order valence-electron chi connectivity index (χ4n) is 2.40. The summed E-state index contributed by atoms with van der Waals surface area (Å²) in [5.74, 6) is -0.314. The SMILES string of the molecule is Cc1cc(CN2CCN(S(C)(=O)=O)C[C@@H](C(N)=O)C2)no1. The molecule has 0 aliphatic carbocycles. The van der Waals surface area contributed by atoms with E-state index in [9.17, 15) is 13.2 Å². The van der Waals surface area contributed by atoms with E-state index in [1.54, 1.807) is 6.92 Å². The van der Waals surface area contributed by atoms with Crippen molar-refractivity contribution in [2.45, 2.75) is 13.5 Å². The van der Waals surface area contributed by atoms with Crippen LogP contribution in [-0.4, -0.2) is 61.1 Å². The largest absolute Gasteiger partial charge is 0.369 e. The molecule has 0 saturated carbocycles. The third kappa shape index (κ3) is 4.26. The Morgan fingerprint density at radius 2 is 2.19 bits per heavy atom. The Morgan fingerprint density at radius 3 is 2.71 bits per heavy atom. The fraction of sp³-hybridized carbons (Fsp3) is 0.667. The predicted molar refractivity (Wildman–Crippen MR) is 75.6 cm³/mol. The number of rotatable bonds is 4. The van der Waals surface area contributed by atoms with Gasteiger partial charge in [0, 0.05) is 38.8 Å². The minimum atomic E-state index is -3.34. The highest BCUT2D eigenvalue weighted by Crippen LogP contribution is 2.15.